The molecule has 0 unspecified atom stereocenters. The maximum atomic E-state index is 10.4. The Hall–Kier alpha value is -0.760. The molecule has 1 heterocycles. The van der Waals surface area contributed by atoms with Gasteiger partial charge in [0.15, 0.2) is 0 Å². The first kappa shape index (κ1) is 8.34. The molecule has 0 N–H and O–H groups in total. The second kappa shape index (κ2) is 3.58. The summed E-state index contributed by atoms with van der Waals surface area (Å²) in [5.41, 5.74) is 1.02. The monoisotopic (exact) mass is 172 g/mol. The van der Waals surface area contributed by atoms with Gasteiger partial charge in [-0.1, -0.05) is 0 Å². The van der Waals surface area contributed by atoms with Crippen molar-refractivity contribution >= 4 is 16.8 Å². The lowest BCUT2D eigenvalue weighted by atomic mass is 10.2. The second-order valence-electron chi connectivity index (χ2n) is 2.42. The van der Waals surface area contributed by atoms with Gasteiger partial charge in [0.1, 0.15) is 5.76 Å². The van der Waals surface area contributed by atoms with Crippen LogP contribution in [0, 0.1) is 6.92 Å². The van der Waals surface area contributed by atoms with E-state index in [9.17, 15) is 4.79 Å². The van der Waals surface area contributed by atoms with Gasteiger partial charge in [-0.3, -0.25) is 4.79 Å². The molecule has 1 aromatic heterocycles. The zero-order valence-electron chi connectivity index (χ0n) is 6.26. The number of carbonyl (C=O) groups is 1. The first-order valence-corrected chi connectivity index (χ1v) is 3.78. The summed E-state index contributed by atoms with van der Waals surface area (Å²) >= 11 is 5.16. The van der Waals surface area contributed by atoms with Crippen LogP contribution in [-0.4, -0.2) is 5.24 Å². The summed E-state index contributed by atoms with van der Waals surface area (Å²) in [4.78, 5) is 10.4. The van der Waals surface area contributed by atoms with E-state index in [-0.39, 0.29) is 5.24 Å². The number of furan rings is 1. The van der Waals surface area contributed by atoms with Crippen molar-refractivity contribution in [2.75, 3.05) is 0 Å². The molecule has 0 bridgehead atoms. The molecule has 1 aromatic rings. The number of rotatable bonds is 3. The molecule has 3 heteroatoms. The Bertz CT molecular complexity index is 252. The summed E-state index contributed by atoms with van der Waals surface area (Å²) in [7, 11) is 0. The molecular weight excluding hydrogens is 164 g/mol. The van der Waals surface area contributed by atoms with Gasteiger partial charge in [-0.2, -0.15) is 0 Å². The summed E-state index contributed by atoms with van der Waals surface area (Å²) in [6, 6.07) is 1.90. The van der Waals surface area contributed by atoms with Gasteiger partial charge in [0, 0.05) is 6.42 Å². The maximum absolute atomic E-state index is 10.4. The maximum Gasteiger partial charge on any atom is 0.221 e. The average molecular weight is 173 g/mol. The SMILES string of the molecule is Cc1cc(CCC(=O)Cl)co1. The summed E-state index contributed by atoms with van der Waals surface area (Å²) < 4.78 is 5.04. The smallest absolute Gasteiger partial charge is 0.221 e. The van der Waals surface area contributed by atoms with Crippen LogP contribution in [0.15, 0.2) is 16.7 Å². The molecular formula is C8H9ClO2. The van der Waals surface area contributed by atoms with Gasteiger partial charge in [-0.25, -0.2) is 0 Å². The predicted molar refractivity (Wildman–Crippen MR) is 42.6 cm³/mol. The molecule has 0 saturated heterocycles. The van der Waals surface area contributed by atoms with Crippen LogP contribution in [0.4, 0.5) is 0 Å². The van der Waals surface area contributed by atoms with Crippen molar-refractivity contribution in [3.8, 4) is 0 Å². The second-order valence-corrected chi connectivity index (χ2v) is 2.84. The number of hydrogen-bond acceptors (Lipinski definition) is 2. The van der Waals surface area contributed by atoms with Crippen LogP contribution in [0.25, 0.3) is 0 Å². The highest BCUT2D eigenvalue weighted by atomic mass is 35.5. The molecule has 0 saturated carbocycles. The third-order valence-corrected chi connectivity index (χ3v) is 1.58. The summed E-state index contributed by atoms with van der Waals surface area (Å²) in [6.07, 6.45) is 2.69. The minimum Gasteiger partial charge on any atom is -0.469 e. The highest BCUT2D eigenvalue weighted by Crippen LogP contribution is 2.09. The Kier molecular flexibility index (Phi) is 2.71. The van der Waals surface area contributed by atoms with Crippen molar-refractivity contribution < 1.29 is 9.21 Å². The van der Waals surface area contributed by atoms with Gasteiger partial charge < -0.3 is 4.42 Å². The fourth-order valence-corrected chi connectivity index (χ4v) is 0.966. The summed E-state index contributed by atoms with van der Waals surface area (Å²) in [6.45, 7) is 1.87. The molecule has 0 aliphatic carbocycles. The summed E-state index contributed by atoms with van der Waals surface area (Å²) in [5, 5.41) is -0.302. The molecule has 0 aliphatic heterocycles. The van der Waals surface area contributed by atoms with E-state index >= 15 is 0 Å². The van der Waals surface area contributed by atoms with E-state index in [2.05, 4.69) is 0 Å². The van der Waals surface area contributed by atoms with Crippen LogP contribution in [-0.2, 0) is 11.2 Å². The van der Waals surface area contributed by atoms with Crippen LogP contribution in [0.5, 0.6) is 0 Å². The van der Waals surface area contributed by atoms with Gasteiger partial charge in [-0.15, -0.1) is 0 Å². The molecule has 0 aromatic carbocycles. The third-order valence-electron chi connectivity index (χ3n) is 1.40. The molecule has 0 amide bonds. The van der Waals surface area contributed by atoms with Crippen LogP contribution >= 0.6 is 11.6 Å². The topological polar surface area (TPSA) is 30.2 Å². The predicted octanol–water partition coefficient (Wildman–Crippen LogP) is 2.29. The zero-order chi connectivity index (χ0) is 8.27. The van der Waals surface area contributed by atoms with Crippen molar-refractivity contribution in [1.82, 2.24) is 0 Å². The number of hydrogen-bond donors (Lipinski definition) is 0. The first-order valence-electron chi connectivity index (χ1n) is 3.41. The highest BCUT2D eigenvalue weighted by Gasteiger charge is 2.00. The molecule has 60 valence electrons. The number of halogens is 1. The van der Waals surface area contributed by atoms with E-state index in [1.807, 2.05) is 13.0 Å². The van der Waals surface area contributed by atoms with Crippen molar-refractivity contribution in [3.63, 3.8) is 0 Å². The largest absolute Gasteiger partial charge is 0.469 e. The Morgan fingerprint density at radius 1 is 1.73 bits per heavy atom. The Morgan fingerprint density at radius 3 is 2.91 bits per heavy atom. The highest BCUT2D eigenvalue weighted by molar-refractivity contribution is 6.63. The lowest BCUT2D eigenvalue weighted by molar-refractivity contribution is -0.111. The molecule has 0 fully saturated rings. The van der Waals surface area contributed by atoms with Gasteiger partial charge in [-0.05, 0) is 36.6 Å². The molecule has 0 radical (unpaired) electrons. The van der Waals surface area contributed by atoms with Gasteiger partial charge in [0.25, 0.3) is 0 Å². The Labute approximate surface area is 70.2 Å². The van der Waals surface area contributed by atoms with Crippen LogP contribution in [0.3, 0.4) is 0 Å². The van der Waals surface area contributed by atoms with Crippen molar-refractivity contribution in [1.29, 1.82) is 0 Å². The van der Waals surface area contributed by atoms with Gasteiger partial charge in [0.05, 0.1) is 6.26 Å². The Balaban J connectivity index is 2.45. The Morgan fingerprint density at radius 2 is 2.45 bits per heavy atom. The zero-order valence-corrected chi connectivity index (χ0v) is 7.02. The molecule has 2 nitrogen and oxygen atoms in total. The van der Waals surface area contributed by atoms with E-state index in [1.54, 1.807) is 6.26 Å². The summed E-state index contributed by atoms with van der Waals surface area (Å²) in [5.74, 6) is 0.863. The van der Waals surface area contributed by atoms with E-state index in [1.165, 1.54) is 0 Å². The van der Waals surface area contributed by atoms with E-state index < -0.39 is 0 Å². The van der Waals surface area contributed by atoms with Crippen LogP contribution in [0.2, 0.25) is 0 Å². The molecule has 0 atom stereocenters. The van der Waals surface area contributed by atoms with E-state index in [4.69, 9.17) is 16.0 Å². The van der Waals surface area contributed by atoms with Crippen molar-refractivity contribution in [3.05, 3.63) is 23.7 Å². The van der Waals surface area contributed by atoms with Crippen LogP contribution in [0.1, 0.15) is 17.7 Å². The number of carbonyl (C=O) groups excluding carboxylic acids is 1. The first-order chi connectivity index (χ1) is 5.18. The molecule has 1 rings (SSSR count). The van der Waals surface area contributed by atoms with Crippen molar-refractivity contribution in [2.45, 2.75) is 19.8 Å². The van der Waals surface area contributed by atoms with Gasteiger partial charge >= 0.3 is 0 Å². The standard InChI is InChI=1S/C8H9ClO2/c1-6-4-7(5-11-6)2-3-8(9)10/h4-5H,2-3H2,1H3. The molecule has 11 heavy (non-hydrogen) atoms. The number of aryl methyl sites for hydroxylation is 2. The fraction of sp³-hybridized carbons (Fsp3) is 0.375. The quantitative estimate of drug-likeness (QED) is 0.655. The average Bonchev–Trinajstić information content (AvgIpc) is 2.31. The van der Waals surface area contributed by atoms with E-state index in [0.29, 0.717) is 12.8 Å². The molecule has 0 aliphatic rings. The lowest BCUT2D eigenvalue weighted by Gasteiger charge is -1.88. The molecule has 0 spiro atoms. The fourth-order valence-electron chi connectivity index (χ4n) is 0.871. The normalized spacial score (nSPS) is 10.0. The minimum absolute atomic E-state index is 0.302. The van der Waals surface area contributed by atoms with E-state index in [0.717, 1.165) is 11.3 Å². The third kappa shape index (κ3) is 2.76. The minimum atomic E-state index is -0.302. The lowest BCUT2D eigenvalue weighted by Crippen LogP contribution is -1.88. The van der Waals surface area contributed by atoms with Gasteiger partial charge in [0.2, 0.25) is 5.24 Å². The van der Waals surface area contributed by atoms with Crippen LogP contribution < -0.4 is 0 Å². The van der Waals surface area contributed by atoms with Crippen molar-refractivity contribution in [2.24, 2.45) is 0 Å².